The van der Waals surface area contributed by atoms with Crippen LogP contribution in [-0.4, -0.2) is 40.1 Å². The van der Waals surface area contributed by atoms with E-state index in [2.05, 4.69) is 13.8 Å². The fraction of sp³-hybridized carbons (Fsp3) is 0.478. The predicted octanol–water partition coefficient (Wildman–Crippen LogP) is 3.02. The van der Waals surface area contributed by atoms with Crippen LogP contribution in [0, 0.1) is 5.92 Å². The molecule has 2 aromatic rings. The molecule has 0 radical (unpaired) electrons. The van der Waals surface area contributed by atoms with Crippen molar-refractivity contribution in [3.63, 3.8) is 0 Å². The number of rotatable bonds is 5. The highest BCUT2D eigenvalue weighted by atomic mass is 16.5. The number of hydrogen-bond acceptors (Lipinski definition) is 5. The molecule has 7 heteroatoms. The molecule has 2 aliphatic heterocycles. The summed E-state index contributed by atoms with van der Waals surface area (Å²) in [5.41, 5.74) is 2.47. The number of ether oxygens (including phenoxy) is 2. The van der Waals surface area contributed by atoms with Crippen LogP contribution in [0.5, 0.6) is 5.75 Å². The minimum Gasteiger partial charge on any atom is -0.490 e. The normalized spacial score (nSPS) is 18.7. The molecule has 7 nitrogen and oxygen atoms in total. The number of aromatic carboxylic acids is 1. The second kappa shape index (κ2) is 8.24. The zero-order chi connectivity index (χ0) is 21.4. The van der Waals surface area contributed by atoms with E-state index in [4.69, 9.17) is 9.47 Å². The van der Waals surface area contributed by atoms with Crippen LogP contribution in [0.4, 0.5) is 0 Å². The highest BCUT2D eigenvalue weighted by Gasteiger charge is 2.29. The Bertz CT molecular complexity index is 1020. The number of carboxylic acids is 1. The summed E-state index contributed by atoms with van der Waals surface area (Å²) in [6.45, 7) is 5.32. The van der Waals surface area contributed by atoms with E-state index in [0.717, 1.165) is 24.0 Å². The van der Waals surface area contributed by atoms with Crippen molar-refractivity contribution in [2.75, 3.05) is 13.2 Å². The Morgan fingerprint density at radius 2 is 2.00 bits per heavy atom. The van der Waals surface area contributed by atoms with E-state index in [1.807, 2.05) is 16.7 Å². The Morgan fingerprint density at radius 1 is 1.27 bits per heavy atom. The number of nitrogens with zero attached hydrogens (tertiary/aromatic N) is 1. The number of hydrogen-bond donors (Lipinski definition) is 2. The van der Waals surface area contributed by atoms with Crippen LogP contribution >= 0.6 is 0 Å². The Morgan fingerprint density at radius 3 is 2.63 bits per heavy atom. The number of aromatic nitrogens is 1. The number of fused-ring (bicyclic) bond motifs is 3. The van der Waals surface area contributed by atoms with Gasteiger partial charge in [-0.1, -0.05) is 13.8 Å². The van der Waals surface area contributed by atoms with Gasteiger partial charge >= 0.3 is 5.97 Å². The molecule has 1 atom stereocenters. The van der Waals surface area contributed by atoms with Gasteiger partial charge in [0.25, 0.3) is 0 Å². The van der Waals surface area contributed by atoms with Gasteiger partial charge in [0.05, 0.1) is 25.5 Å². The Labute approximate surface area is 174 Å². The minimum absolute atomic E-state index is 0.0158. The van der Waals surface area contributed by atoms with Gasteiger partial charge in [-0.25, -0.2) is 4.79 Å². The lowest BCUT2D eigenvalue weighted by molar-refractivity contribution is 0.0247. The Hall–Kier alpha value is -2.64. The highest BCUT2D eigenvalue weighted by molar-refractivity contribution is 5.87. The van der Waals surface area contributed by atoms with Crippen LogP contribution in [0.2, 0.25) is 0 Å². The van der Waals surface area contributed by atoms with Crippen LogP contribution in [0.15, 0.2) is 29.2 Å². The van der Waals surface area contributed by atoms with E-state index >= 15 is 0 Å². The van der Waals surface area contributed by atoms with Gasteiger partial charge in [-0.05, 0) is 30.0 Å². The van der Waals surface area contributed by atoms with Crippen molar-refractivity contribution in [2.24, 2.45) is 5.92 Å². The van der Waals surface area contributed by atoms with Gasteiger partial charge in [-0.3, -0.25) is 4.79 Å². The predicted molar refractivity (Wildman–Crippen MR) is 111 cm³/mol. The third-order valence-corrected chi connectivity index (χ3v) is 6.06. The molecule has 160 valence electrons. The molecule has 0 aliphatic carbocycles. The monoisotopic (exact) mass is 413 g/mol. The molecule has 1 fully saturated rings. The number of carbonyl (C=O) groups is 1. The molecule has 2 aliphatic rings. The van der Waals surface area contributed by atoms with E-state index in [-0.39, 0.29) is 30.2 Å². The zero-order valence-electron chi connectivity index (χ0n) is 17.3. The van der Waals surface area contributed by atoms with Gasteiger partial charge in [0.2, 0.25) is 0 Å². The molecule has 0 saturated carbocycles. The first-order valence-corrected chi connectivity index (χ1v) is 10.4. The molecule has 4 rings (SSSR count). The second-order valence-corrected chi connectivity index (χ2v) is 8.37. The molecule has 1 saturated heterocycles. The number of carboxylic acid groups (broad SMARTS) is 1. The summed E-state index contributed by atoms with van der Waals surface area (Å²) in [4.78, 5) is 23.9. The van der Waals surface area contributed by atoms with E-state index in [1.54, 1.807) is 0 Å². The molecule has 3 heterocycles. The molecule has 30 heavy (non-hydrogen) atoms. The Kier molecular flexibility index (Phi) is 5.66. The van der Waals surface area contributed by atoms with E-state index < -0.39 is 11.4 Å². The zero-order valence-corrected chi connectivity index (χ0v) is 17.3. The third kappa shape index (κ3) is 3.75. The molecule has 1 unspecified atom stereocenters. The number of pyridine rings is 1. The molecular weight excluding hydrogens is 386 g/mol. The van der Waals surface area contributed by atoms with Crippen LogP contribution in [0.3, 0.4) is 0 Å². The third-order valence-electron chi connectivity index (χ3n) is 6.06. The molecule has 1 aromatic carbocycles. The average Bonchev–Trinajstić information content (AvgIpc) is 2.72. The second-order valence-electron chi connectivity index (χ2n) is 8.37. The van der Waals surface area contributed by atoms with Crippen LogP contribution < -0.4 is 10.2 Å². The van der Waals surface area contributed by atoms with Crippen LogP contribution in [0.25, 0.3) is 11.3 Å². The van der Waals surface area contributed by atoms with Gasteiger partial charge < -0.3 is 24.3 Å². The largest absolute Gasteiger partial charge is 0.490 e. The lowest BCUT2D eigenvalue weighted by atomic mass is 9.86. The van der Waals surface area contributed by atoms with E-state index in [1.165, 1.54) is 12.3 Å². The Balaban J connectivity index is 1.82. The average molecular weight is 413 g/mol. The van der Waals surface area contributed by atoms with Gasteiger partial charge in [-0.2, -0.15) is 0 Å². The number of aliphatic hydroxyl groups excluding tert-OH is 1. The molecule has 1 aromatic heterocycles. The molecular formula is C23H27NO6. The van der Waals surface area contributed by atoms with E-state index in [0.29, 0.717) is 36.6 Å². The van der Waals surface area contributed by atoms with Crippen molar-refractivity contribution >= 4 is 5.97 Å². The maximum atomic E-state index is 12.4. The molecule has 0 spiro atoms. The van der Waals surface area contributed by atoms with E-state index in [9.17, 15) is 19.8 Å². The summed E-state index contributed by atoms with van der Waals surface area (Å²) in [7, 11) is 0. The van der Waals surface area contributed by atoms with Crippen molar-refractivity contribution in [1.82, 2.24) is 4.57 Å². The standard InChI is InChI=1S/C23H27NO6/c1-13(2)19-8-14-9-22(30-16-3-5-29-6-4-16)15(12-25)7-17(14)20-10-21(26)18(23(27)28)11-24(19)20/h7,9-11,13,16,19,25H,3-6,8,12H2,1-2H3,(H,27,28). The summed E-state index contributed by atoms with van der Waals surface area (Å²) >= 11 is 0. The van der Waals surface area contributed by atoms with Gasteiger partial charge in [0, 0.05) is 42.3 Å². The maximum Gasteiger partial charge on any atom is 0.341 e. The summed E-state index contributed by atoms with van der Waals surface area (Å²) in [6.07, 6.45) is 3.83. The molecule has 0 amide bonds. The first kappa shape index (κ1) is 20.6. The molecule has 0 bridgehead atoms. The number of benzene rings is 1. The van der Waals surface area contributed by atoms with Gasteiger partial charge in [-0.15, -0.1) is 0 Å². The topological polar surface area (TPSA) is 98.0 Å². The highest BCUT2D eigenvalue weighted by Crippen LogP contribution is 2.40. The van der Waals surface area contributed by atoms with Crippen LogP contribution in [-0.2, 0) is 17.8 Å². The van der Waals surface area contributed by atoms with Gasteiger partial charge in [0.1, 0.15) is 17.4 Å². The number of aliphatic hydroxyl groups is 1. The molecule has 2 N–H and O–H groups in total. The lowest BCUT2D eigenvalue weighted by Gasteiger charge is -2.34. The maximum absolute atomic E-state index is 12.4. The SMILES string of the molecule is CC(C)C1Cc2cc(OC3CCOCC3)c(CO)cc2-c2cc(=O)c(C(=O)O)cn21. The van der Waals surface area contributed by atoms with Crippen LogP contribution in [0.1, 0.15) is 54.2 Å². The van der Waals surface area contributed by atoms with Gasteiger partial charge in [0.15, 0.2) is 5.43 Å². The van der Waals surface area contributed by atoms with Crippen molar-refractivity contribution in [1.29, 1.82) is 0 Å². The summed E-state index contributed by atoms with van der Waals surface area (Å²) in [5, 5.41) is 19.3. The lowest BCUT2D eigenvalue weighted by Crippen LogP contribution is -2.29. The van der Waals surface area contributed by atoms with Crippen molar-refractivity contribution < 1.29 is 24.5 Å². The van der Waals surface area contributed by atoms with Crippen molar-refractivity contribution in [3.05, 3.63) is 51.3 Å². The fourth-order valence-electron chi connectivity index (χ4n) is 4.36. The first-order chi connectivity index (χ1) is 14.4. The summed E-state index contributed by atoms with van der Waals surface area (Å²) < 4.78 is 13.5. The smallest absolute Gasteiger partial charge is 0.341 e. The van der Waals surface area contributed by atoms with Crippen molar-refractivity contribution in [2.45, 2.75) is 51.9 Å². The summed E-state index contributed by atoms with van der Waals surface area (Å²) in [5.74, 6) is -0.318. The minimum atomic E-state index is -1.22. The fourth-order valence-corrected chi connectivity index (χ4v) is 4.36. The first-order valence-electron chi connectivity index (χ1n) is 10.4. The van der Waals surface area contributed by atoms with Crippen molar-refractivity contribution in [3.8, 4) is 17.0 Å². The summed E-state index contributed by atoms with van der Waals surface area (Å²) in [6, 6.07) is 5.26. The quantitative estimate of drug-likeness (QED) is 0.782.